The maximum Gasteiger partial charge on any atom is 0.317 e. The van der Waals surface area contributed by atoms with Gasteiger partial charge >= 0.3 is 6.03 Å². The lowest BCUT2D eigenvalue weighted by atomic mass is 10.0. The molecule has 8 heteroatoms. The van der Waals surface area contributed by atoms with Crippen molar-refractivity contribution in [3.8, 4) is 5.75 Å². The minimum atomic E-state index is -0.0953. The number of carbonyl (C=O) groups is 1. The molecule has 1 aliphatic heterocycles. The summed E-state index contributed by atoms with van der Waals surface area (Å²) < 4.78 is 15.6. The van der Waals surface area contributed by atoms with Crippen LogP contribution in [0.4, 0.5) is 4.79 Å². The van der Waals surface area contributed by atoms with Gasteiger partial charge in [0.15, 0.2) is 5.82 Å². The van der Waals surface area contributed by atoms with Crippen molar-refractivity contribution >= 4 is 6.03 Å². The number of rotatable bonds is 7. The molecule has 1 fully saturated rings. The van der Waals surface area contributed by atoms with Gasteiger partial charge in [-0.25, -0.2) is 4.79 Å². The number of aromatic nitrogens is 2. The molecule has 1 aliphatic rings. The van der Waals surface area contributed by atoms with Crippen LogP contribution in [0.15, 0.2) is 28.8 Å². The third-order valence-corrected chi connectivity index (χ3v) is 4.13. The fourth-order valence-electron chi connectivity index (χ4n) is 2.70. The van der Waals surface area contributed by atoms with Crippen molar-refractivity contribution in [3.63, 3.8) is 0 Å². The van der Waals surface area contributed by atoms with Crippen LogP contribution in [-0.2, 0) is 11.2 Å². The lowest BCUT2D eigenvalue weighted by Gasteiger charge is -2.36. The highest BCUT2D eigenvalue weighted by atomic mass is 16.5. The van der Waals surface area contributed by atoms with E-state index >= 15 is 0 Å². The maximum absolute atomic E-state index is 11.9. The van der Waals surface area contributed by atoms with Crippen molar-refractivity contribution < 1.29 is 18.8 Å². The molecule has 1 N–H and O–H groups in total. The lowest BCUT2D eigenvalue weighted by molar-refractivity contribution is 0.132. The monoisotopic (exact) mass is 346 g/mol. The number of ether oxygens (including phenoxy) is 2. The van der Waals surface area contributed by atoms with Crippen LogP contribution in [0.5, 0.6) is 5.75 Å². The molecule has 8 nitrogen and oxygen atoms in total. The average molecular weight is 346 g/mol. The Balaban J connectivity index is 1.52. The van der Waals surface area contributed by atoms with E-state index in [0.29, 0.717) is 44.4 Å². The summed E-state index contributed by atoms with van der Waals surface area (Å²) in [5, 5.41) is 6.83. The van der Waals surface area contributed by atoms with E-state index in [2.05, 4.69) is 15.5 Å². The first kappa shape index (κ1) is 17.2. The fraction of sp³-hybridized carbons (Fsp3) is 0.471. The Labute approximate surface area is 146 Å². The number of hydrogen-bond donors (Lipinski definition) is 1. The molecule has 0 radical (unpaired) electrons. The van der Waals surface area contributed by atoms with Gasteiger partial charge in [0.05, 0.1) is 19.6 Å². The Hall–Kier alpha value is -2.61. The quantitative estimate of drug-likeness (QED) is 0.763. The van der Waals surface area contributed by atoms with Gasteiger partial charge in [-0.1, -0.05) is 23.4 Å². The highest BCUT2D eigenvalue weighted by molar-refractivity contribution is 5.75. The summed E-state index contributed by atoms with van der Waals surface area (Å²) in [6.07, 6.45) is 0.543. The van der Waals surface area contributed by atoms with E-state index < -0.39 is 0 Å². The predicted octanol–water partition coefficient (Wildman–Crippen LogP) is 1.42. The van der Waals surface area contributed by atoms with Crippen molar-refractivity contribution in [1.29, 1.82) is 0 Å². The van der Waals surface area contributed by atoms with Crippen LogP contribution in [0.1, 0.15) is 23.2 Å². The van der Waals surface area contributed by atoms with Crippen molar-refractivity contribution in [2.75, 3.05) is 40.5 Å². The molecular weight excluding hydrogens is 324 g/mol. The van der Waals surface area contributed by atoms with E-state index in [-0.39, 0.29) is 11.9 Å². The van der Waals surface area contributed by atoms with Crippen LogP contribution in [0.3, 0.4) is 0 Å². The van der Waals surface area contributed by atoms with E-state index in [4.69, 9.17) is 14.0 Å². The second kappa shape index (κ2) is 7.98. The number of nitrogens with one attached hydrogen (secondary N) is 1. The van der Waals surface area contributed by atoms with E-state index in [0.717, 1.165) is 11.3 Å². The number of nitrogens with zero attached hydrogens (tertiary/aromatic N) is 3. The molecule has 1 saturated heterocycles. The molecule has 0 unspecified atom stereocenters. The predicted molar refractivity (Wildman–Crippen MR) is 89.7 cm³/mol. The Morgan fingerprint density at radius 1 is 1.36 bits per heavy atom. The normalized spacial score (nSPS) is 14.2. The maximum atomic E-state index is 11.9. The highest BCUT2D eigenvalue weighted by Crippen LogP contribution is 2.26. The van der Waals surface area contributed by atoms with E-state index in [1.807, 2.05) is 24.3 Å². The fourth-order valence-corrected chi connectivity index (χ4v) is 2.70. The zero-order valence-corrected chi connectivity index (χ0v) is 14.4. The molecule has 0 bridgehead atoms. The molecule has 1 aromatic heterocycles. The summed E-state index contributed by atoms with van der Waals surface area (Å²) in [4.78, 5) is 18.0. The molecule has 0 aliphatic carbocycles. The van der Waals surface area contributed by atoms with E-state index in [1.54, 1.807) is 19.1 Å². The number of para-hydroxylation sites is 1. The lowest BCUT2D eigenvalue weighted by Crippen LogP contribution is -2.53. The summed E-state index contributed by atoms with van der Waals surface area (Å²) in [6, 6.07) is 7.66. The third-order valence-electron chi connectivity index (χ3n) is 4.13. The second-order valence-corrected chi connectivity index (χ2v) is 5.86. The summed E-state index contributed by atoms with van der Waals surface area (Å²) in [6.45, 7) is 2.16. The van der Waals surface area contributed by atoms with Crippen LogP contribution in [0.2, 0.25) is 0 Å². The standard InChI is InChI=1S/C17H22N4O4/c1-23-8-7-18-17(22)21-10-13(11-21)16-19-15(20-25-16)9-12-5-3-4-6-14(12)24-2/h3-6,13H,7-11H2,1-2H3,(H,18,22). The van der Waals surface area contributed by atoms with Crippen molar-refractivity contribution in [2.45, 2.75) is 12.3 Å². The first-order chi connectivity index (χ1) is 12.2. The Kier molecular flexibility index (Phi) is 5.49. The summed E-state index contributed by atoms with van der Waals surface area (Å²) in [5.74, 6) is 2.08. The third kappa shape index (κ3) is 4.08. The zero-order valence-electron chi connectivity index (χ0n) is 14.4. The van der Waals surface area contributed by atoms with E-state index in [9.17, 15) is 4.79 Å². The average Bonchev–Trinajstić information content (AvgIpc) is 3.02. The van der Waals surface area contributed by atoms with E-state index in [1.165, 1.54) is 0 Å². The van der Waals surface area contributed by atoms with Gasteiger partial charge in [0.25, 0.3) is 0 Å². The number of benzene rings is 1. The smallest absolute Gasteiger partial charge is 0.317 e. The molecule has 3 rings (SSSR count). The zero-order chi connectivity index (χ0) is 17.6. The molecular formula is C17H22N4O4. The minimum Gasteiger partial charge on any atom is -0.496 e. The molecule has 25 heavy (non-hydrogen) atoms. The second-order valence-electron chi connectivity index (χ2n) is 5.86. The number of methoxy groups -OCH3 is 2. The largest absolute Gasteiger partial charge is 0.496 e. The Morgan fingerprint density at radius 2 is 2.16 bits per heavy atom. The molecule has 134 valence electrons. The van der Waals surface area contributed by atoms with Crippen LogP contribution < -0.4 is 10.1 Å². The van der Waals surface area contributed by atoms with Gasteiger partial charge in [0.1, 0.15) is 5.75 Å². The van der Waals surface area contributed by atoms with Crippen LogP contribution in [0.25, 0.3) is 0 Å². The SMILES string of the molecule is COCCNC(=O)N1CC(c2nc(Cc3ccccc3OC)no2)C1. The number of likely N-dealkylation sites (tertiary alicyclic amines) is 1. The highest BCUT2D eigenvalue weighted by Gasteiger charge is 2.35. The minimum absolute atomic E-state index is 0.0899. The molecule has 0 saturated carbocycles. The van der Waals surface area contributed by atoms with Gasteiger partial charge in [0, 0.05) is 38.7 Å². The van der Waals surface area contributed by atoms with Crippen LogP contribution in [0, 0.1) is 0 Å². The topological polar surface area (TPSA) is 89.7 Å². The van der Waals surface area contributed by atoms with Crippen LogP contribution >= 0.6 is 0 Å². The summed E-state index contributed by atoms with van der Waals surface area (Å²) in [7, 11) is 3.24. The Bertz CT molecular complexity index is 712. The van der Waals surface area contributed by atoms with Crippen LogP contribution in [-0.4, -0.2) is 61.5 Å². The number of carbonyl (C=O) groups excluding carboxylic acids is 1. The number of amides is 2. The van der Waals surface area contributed by atoms with Crippen molar-refractivity contribution in [3.05, 3.63) is 41.5 Å². The van der Waals surface area contributed by atoms with Gasteiger partial charge < -0.3 is 24.2 Å². The molecule has 0 spiro atoms. The Morgan fingerprint density at radius 3 is 2.92 bits per heavy atom. The summed E-state index contributed by atoms with van der Waals surface area (Å²) >= 11 is 0. The van der Waals surface area contributed by atoms with Gasteiger partial charge in [-0.15, -0.1) is 0 Å². The van der Waals surface area contributed by atoms with Crippen molar-refractivity contribution in [2.24, 2.45) is 0 Å². The number of hydrogen-bond acceptors (Lipinski definition) is 6. The van der Waals surface area contributed by atoms with Gasteiger partial charge in [-0.2, -0.15) is 4.98 Å². The van der Waals surface area contributed by atoms with Gasteiger partial charge in [0.2, 0.25) is 5.89 Å². The number of urea groups is 1. The first-order valence-corrected chi connectivity index (χ1v) is 8.17. The first-order valence-electron chi connectivity index (χ1n) is 8.17. The molecule has 2 amide bonds. The van der Waals surface area contributed by atoms with Gasteiger partial charge in [-0.3, -0.25) is 0 Å². The summed E-state index contributed by atoms with van der Waals surface area (Å²) in [5.41, 5.74) is 1.00. The molecule has 0 atom stereocenters. The van der Waals surface area contributed by atoms with Crippen molar-refractivity contribution in [1.82, 2.24) is 20.4 Å². The molecule has 2 aromatic rings. The molecule has 1 aromatic carbocycles. The van der Waals surface area contributed by atoms with Gasteiger partial charge in [-0.05, 0) is 6.07 Å². The molecule has 2 heterocycles.